The summed E-state index contributed by atoms with van der Waals surface area (Å²) in [5.74, 6) is 0.407. The zero-order valence-corrected chi connectivity index (χ0v) is 15.8. The smallest absolute Gasteiger partial charge is 0.276 e. The summed E-state index contributed by atoms with van der Waals surface area (Å²) in [6, 6.07) is 11.9. The summed E-state index contributed by atoms with van der Waals surface area (Å²) < 4.78 is 5.75. The van der Waals surface area contributed by atoms with Gasteiger partial charge >= 0.3 is 0 Å². The second-order valence-corrected chi connectivity index (χ2v) is 7.00. The first-order valence-corrected chi connectivity index (χ1v) is 9.26. The van der Waals surface area contributed by atoms with Crippen molar-refractivity contribution in [2.24, 2.45) is 0 Å². The standard InChI is InChI=1S/C21H27N3O2/c1-16(2)26-19-11-8-12-22-20(19)21(25)23(3)15-17-9-4-5-10-18(17)24-13-6-7-14-24/h4-5,8-12,16H,6-7,13-15H2,1-3H3. The van der Waals surface area contributed by atoms with Crippen LogP contribution < -0.4 is 9.64 Å². The predicted molar refractivity (Wildman–Crippen MR) is 104 cm³/mol. The van der Waals surface area contributed by atoms with Crippen molar-refractivity contribution in [3.63, 3.8) is 0 Å². The number of aromatic nitrogens is 1. The third kappa shape index (κ3) is 4.15. The maximum Gasteiger partial charge on any atom is 0.276 e. The third-order valence-electron chi connectivity index (χ3n) is 4.53. The lowest BCUT2D eigenvalue weighted by atomic mass is 10.1. The molecule has 1 aromatic carbocycles. The minimum absolute atomic E-state index is 0.00745. The van der Waals surface area contributed by atoms with Crippen molar-refractivity contribution in [1.82, 2.24) is 9.88 Å². The normalized spacial score (nSPS) is 13.9. The zero-order valence-electron chi connectivity index (χ0n) is 15.8. The molecule has 0 N–H and O–H groups in total. The van der Waals surface area contributed by atoms with Crippen molar-refractivity contribution < 1.29 is 9.53 Å². The molecule has 0 radical (unpaired) electrons. The molecule has 1 fully saturated rings. The van der Waals surface area contributed by atoms with E-state index < -0.39 is 0 Å². The Morgan fingerprint density at radius 1 is 1.19 bits per heavy atom. The van der Waals surface area contributed by atoms with Gasteiger partial charge in [-0.15, -0.1) is 0 Å². The van der Waals surface area contributed by atoms with E-state index >= 15 is 0 Å². The van der Waals surface area contributed by atoms with E-state index in [0.29, 0.717) is 18.0 Å². The van der Waals surface area contributed by atoms with E-state index in [-0.39, 0.29) is 12.0 Å². The number of pyridine rings is 1. The Bertz CT molecular complexity index is 754. The van der Waals surface area contributed by atoms with Crippen LogP contribution in [-0.4, -0.2) is 42.0 Å². The van der Waals surface area contributed by atoms with Crippen LogP contribution in [0.2, 0.25) is 0 Å². The Hall–Kier alpha value is -2.56. The van der Waals surface area contributed by atoms with E-state index in [4.69, 9.17) is 4.74 Å². The number of carbonyl (C=O) groups excluding carboxylic acids is 1. The highest BCUT2D eigenvalue weighted by atomic mass is 16.5. The molecule has 2 heterocycles. The summed E-state index contributed by atoms with van der Waals surface area (Å²) in [6.45, 7) is 6.60. The Kier molecular flexibility index (Phi) is 5.76. The molecule has 1 amide bonds. The molecule has 1 aliphatic heterocycles. The van der Waals surface area contributed by atoms with Gasteiger partial charge in [0.15, 0.2) is 11.4 Å². The van der Waals surface area contributed by atoms with Gasteiger partial charge in [0, 0.05) is 38.6 Å². The molecule has 1 aliphatic rings. The second-order valence-electron chi connectivity index (χ2n) is 7.00. The van der Waals surface area contributed by atoms with Gasteiger partial charge < -0.3 is 14.5 Å². The number of benzene rings is 1. The summed E-state index contributed by atoms with van der Waals surface area (Å²) in [5.41, 5.74) is 2.75. The van der Waals surface area contributed by atoms with E-state index in [9.17, 15) is 4.79 Å². The molecular weight excluding hydrogens is 326 g/mol. The molecular formula is C21H27N3O2. The van der Waals surface area contributed by atoms with Crippen molar-refractivity contribution in [2.45, 2.75) is 39.3 Å². The number of rotatable bonds is 6. The van der Waals surface area contributed by atoms with Crippen molar-refractivity contribution in [3.05, 3.63) is 53.9 Å². The lowest BCUT2D eigenvalue weighted by Crippen LogP contribution is -2.29. The maximum absolute atomic E-state index is 13.0. The van der Waals surface area contributed by atoms with E-state index in [0.717, 1.165) is 18.7 Å². The Morgan fingerprint density at radius 2 is 1.92 bits per heavy atom. The van der Waals surface area contributed by atoms with Gasteiger partial charge in [0.2, 0.25) is 0 Å². The summed E-state index contributed by atoms with van der Waals surface area (Å²) in [7, 11) is 1.82. The molecule has 5 nitrogen and oxygen atoms in total. The lowest BCUT2D eigenvalue weighted by Gasteiger charge is -2.25. The molecule has 2 aromatic rings. The summed E-state index contributed by atoms with van der Waals surface area (Å²) >= 11 is 0. The summed E-state index contributed by atoms with van der Waals surface area (Å²) in [6.07, 6.45) is 4.08. The molecule has 3 rings (SSSR count). The maximum atomic E-state index is 13.0. The van der Waals surface area contributed by atoms with Crippen molar-refractivity contribution in [1.29, 1.82) is 0 Å². The number of nitrogens with zero attached hydrogens (tertiary/aromatic N) is 3. The fourth-order valence-corrected chi connectivity index (χ4v) is 3.32. The molecule has 0 spiro atoms. The number of ether oxygens (including phenoxy) is 1. The number of para-hydroxylation sites is 1. The van der Waals surface area contributed by atoms with Gasteiger partial charge in [-0.1, -0.05) is 18.2 Å². The Morgan fingerprint density at radius 3 is 2.65 bits per heavy atom. The molecule has 0 aliphatic carbocycles. The quantitative estimate of drug-likeness (QED) is 0.794. The molecule has 5 heteroatoms. The van der Waals surface area contributed by atoms with E-state index in [1.54, 1.807) is 23.2 Å². The first-order chi connectivity index (χ1) is 12.6. The summed E-state index contributed by atoms with van der Waals surface area (Å²) in [4.78, 5) is 21.3. The highest BCUT2D eigenvalue weighted by Crippen LogP contribution is 2.26. The van der Waals surface area contributed by atoms with Gasteiger partial charge in [0.25, 0.3) is 5.91 Å². The number of amides is 1. The van der Waals surface area contributed by atoms with Crippen LogP contribution in [0.4, 0.5) is 5.69 Å². The van der Waals surface area contributed by atoms with Crippen LogP contribution in [0.15, 0.2) is 42.6 Å². The summed E-state index contributed by atoms with van der Waals surface area (Å²) in [5, 5.41) is 0. The van der Waals surface area contributed by atoms with Gasteiger partial charge in [0.1, 0.15) is 0 Å². The van der Waals surface area contributed by atoms with Gasteiger partial charge in [-0.25, -0.2) is 4.98 Å². The average Bonchev–Trinajstić information content (AvgIpc) is 3.16. The fourth-order valence-electron chi connectivity index (χ4n) is 3.32. The topological polar surface area (TPSA) is 45.7 Å². The highest BCUT2D eigenvalue weighted by Gasteiger charge is 2.21. The molecule has 0 saturated carbocycles. The van der Waals surface area contributed by atoms with Crippen LogP contribution in [0.25, 0.3) is 0 Å². The number of hydrogen-bond acceptors (Lipinski definition) is 4. The van der Waals surface area contributed by atoms with Crippen LogP contribution in [-0.2, 0) is 6.54 Å². The minimum Gasteiger partial charge on any atom is -0.489 e. The van der Waals surface area contributed by atoms with Gasteiger partial charge in [-0.3, -0.25) is 4.79 Å². The molecule has 1 saturated heterocycles. The highest BCUT2D eigenvalue weighted by molar-refractivity contribution is 5.94. The number of anilines is 1. The van der Waals surface area contributed by atoms with Crippen LogP contribution >= 0.6 is 0 Å². The third-order valence-corrected chi connectivity index (χ3v) is 4.53. The second kappa shape index (κ2) is 8.21. The van der Waals surface area contributed by atoms with Gasteiger partial charge in [-0.05, 0) is 50.5 Å². The first kappa shape index (κ1) is 18.2. The first-order valence-electron chi connectivity index (χ1n) is 9.26. The van der Waals surface area contributed by atoms with Crippen LogP contribution in [0.1, 0.15) is 42.7 Å². The van der Waals surface area contributed by atoms with Crippen molar-refractivity contribution in [2.75, 3.05) is 25.0 Å². The largest absolute Gasteiger partial charge is 0.489 e. The van der Waals surface area contributed by atoms with Gasteiger partial charge in [-0.2, -0.15) is 0 Å². The average molecular weight is 353 g/mol. The minimum atomic E-state index is -0.127. The van der Waals surface area contributed by atoms with Crippen LogP contribution in [0.3, 0.4) is 0 Å². The SMILES string of the molecule is CC(C)Oc1cccnc1C(=O)N(C)Cc1ccccc1N1CCCC1. The molecule has 0 unspecified atom stereocenters. The lowest BCUT2D eigenvalue weighted by molar-refractivity contribution is 0.0772. The molecule has 1 aromatic heterocycles. The monoisotopic (exact) mass is 353 g/mol. The van der Waals surface area contributed by atoms with E-state index in [2.05, 4.69) is 28.1 Å². The van der Waals surface area contributed by atoms with Crippen molar-refractivity contribution in [3.8, 4) is 5.75 Å². The van der Waals surface area contributed by atoms with Gasteiger partial charge in [0.05, 0.1) is 6.10 Å². The number of carbonyl (C=O) groups is 1. The van der Waals surface area contributed by atoms with Crippen molar-refractivity contribution >= 4 is 11.6 Å². The Balaban J connectivity index is 1.79. The molecule has 0 bridgehead atoms. The molecule has 138 valence electrons. The Labute approximate surface area is 155 Å². The molecule has 26 heavy (non-hydrogen) atoms. The van der Waals surface area contributed by atoms with Crippen LogP contribution in [0, 0.1) is 0 Å². The number of hydrogen-bond donors (Lipinski definition) is 0. The fraction of sp³-hybridized carbons (Fsp3) is 0.429. The zero-order chi connectivity index (χ0) is 18.5. The van der Waals surface area contributed by atoms with E-state index in [1.165, 1.54) is 18.5 Å². The predicted octanol–water partition coefficient (Wildman–Crippen LogP) is 3.74. The van der Waals surface area contributed by atoms with E-state index in [1.807, 2.05) is 27.0 Å². The molecule has 0 atom stereocenters. The van der Waals surface area contributed by atoms with Crippen LogP contribution in [0.5, 0.6) is 5.75 Å².